The minimum Gasteiger partial charge on any atom is -0.491 e. The van der Waals surface area contributed by atoms with E-state index in [1.165, 1.54) is 24.3 Å². The number of para-hydroxylation sites is 1. The standard InChI is InChI=1S/C19H16FNO5/c20-13-5-3-6-15(9-13)25-11-14(22)10-21-18(23)16-8-12-4-1-2-7-17(12)26-19(16)24/h1-9,14,22H,10-11H2,(H,21,23)/t14-/m0/s1. The first-order valence-electron chi connectivity index (χ1n) is 7.90. The molecule has 0 radical (unpaired) electrons. The SMILES string of the molecule is O=C(NC[C@H](O)COc1cccc(F)c1)c1cc2ccccc2oc1=O. The van der Waals surface area contributed by atoms with Crippen LogP contribution in [0.25, 0.3) is 11.0 Å². The summed E-state index contributed by atoms with van der Waals surface area (Å²) in [6, 6.07) is 13.8. The van der Waals surface area contributed by atoms with Crippen LogP contribution in [-0.4, -0.2) is 30.3 Å². The first-order chi connectivity index (χ1) is 12.5. The number of halogens is 1. The molecule has 7 heteroatoms. The van der Waals surface area contributed by atoms with Gasteiger partial charge in [0, 0.05) is 18.0 Å². The van der Waals surface area contributed by atoms with E-state index >= 15 is 0 Å². The van der Waals surface area contributed by atoms with Gasteiger partial charge in [0.15, 0.2) is 0 Å². The van der Waals surface area contributed by atoms with Gasteiger partial charge in [0.1, 0.15) is 35.4 Å². The molecule has 1 amide bonds. The topological polar surface area (TPSA) is 88.8 Å². The number of fused-ring (bicyclic) bond motifs is 1. The molecule has 0 fully saturated rings. The first-order valence-corrected chi connectivity index (χ1v) is 7.90. The summed E-state index contributed by atoms with van der Waals surface area (Å²) in [6.45, 7) is -0.281. The molecule has 1 atom stereocenters. The van der Waals surface area contributed by atoms with E-state index in [1.54, 1.807) is 30.3 Å². The summed E-state index contributed by atoms with van der Waals surface area (Å²) in [5.41, 5.74) is -0.522. The molecule has 3 rings (SSSR count). The number of carbonyl (C=O) groups excluding carboxylic acids is 1. The molecule has 3 aromatic rings. The van der Waals surface area contributed by atoms with Crippen molar-refractivity contribution in [1.29, 1.82) is 0 Å². The molecule has 134 valence electrons. The second kappa shape index (κ2) is 7.79. The Hall–Kier alpha value is -3.19. The van der Waals surface area contributed by atoms with Gasteiger partial charge >= 0.3 is 5.63 Å². The summed E-state index contributed by atoms with van der Waals surface area (Å²) in [5.74, 6) is -0.840. The summed E-state index contributed by atoms with van der Waals surface area (Å²) in [5, 5.41) is 12.9. The molecular formula is C19H16FNO5. The number of aliphatic hydroxyl groups excluding tert-OH is 1. The summed E-state index contributed by atoms with van der Waals surface area (Å²) in [4.78, 5) is 24.1. The second-order valence-corrected chi connectivity index (χ2v) is 5.62. The largest absolute Gasteiger partial charge is 0.491 e. The number of hydrogen-bond donors (Lipinski definition) is 2. The Kier molecular flexibility index (Phi) is 5.28. The highest BCUT2D eigenvalue weighted by atomic mass is 19.1. The molecule has 0 aliphatic rings. The van der Waals surface area contributed by atoms with Crippen LogP contribution in [0.2, 0.25) is 0 Å². The molecule has 6 nitrogen and oxygen atoms in total. The van der Waals surface area contributed by atoms with Gasteiger partial charge in [0.25, 0.3) is 5.91 Å². The molecule has 0 saturated heterocycles. The predicted octanol–water partition coefficient (Wildman–Crippen LogP) is 2.10. The minimum atomic E-state index is -1.03. The molecule has 0 saturated carbocycles. The molecule has 0 spiro atoms. The minimum absolute atomic E-state index is 0.138. The molecular weight excluding hydrogens is 341 g/mol. The molecule has 0 bridgehead atoms. The van der Waals surface area contributed by atoms with E-state index in [0.717, 1.165) is 0 Å². The fourth-order valence-corrected chi connectivity index (χ4v) is 2.33. The van der Waals surface area contributed by atoms with Crippen molar-refractivity contribution in [1.82, 2.24) is 5.32 Å². The molecule has 26 heavy (non-hydrogen) atoms. The van der Waals surface area contributed by atoms with E-state index in [2.05, 4.69) is 5.32 Å². The van der Waals surface area contributed by atoms with Crippen molar-refractivity contribution in [3.63, 3.8) is 0 Å². The Labute approximate surface area is 147 Å². The second-order valence-electron chi connectivity index (χ2n) is 5.62. The third-order valence-electron chi connectivity index (χ3n) is 3.62. The maximum absolute atomic E-state index is 13.0. The van der Waals surface area contributed by atoms with E-state index in [9.17, 15) is 19.1 Å². The average Bonchev–Trinajstić information content (AvgIpc) is 2.64. The molecule has 0 unspecified atom stereocenters. The van der Waals surface area contributed by atoms with Crippen molar-refractivity contribution in [2.45, 2.75) is 6.10 Å². The Balaban J connectivity index is 1.58. The van der Waals surface area contributed by atoms with Gasteiger partial charge in [0.05, 0.1) is 0 Å². The van der Waals surface area contributed by atoms with Crippen molar-refractivity contribution in [2.75, 3.05) is 13.2 Å². The van der Waals surface area contributed by atoms with Gasteiger partial charge in [-0.2, -0.15) is 0 Å². The Bertz CT molecular complexity index is 985. The van der Waals surface area contributed by atoms with Crippen LogP contribution < -0.4 is 15.7 Å². The Morgan fingerprint density at radius 1 is 1.19 bits per heavy atom. The zero-order valence-corrected chi connectivity index (χ0v) is 13.6. The van der Waals surface area contributed by atoms with Crippen LogP contribution in [0.3, 0.4) is 0 Å². The molecule has 2 aromatic carbocycles. The Morgan fingerprint density at radius 2 is 2.00 bits per heavy atom. The van der Waals surface area contributed by atoms with Gasteiger partial charge in [-0.1, -0.05) is 24.3 Å². The molecule has 0 aliphatic heterocycles. The van der Waals surface area contributed by atoms with E-state index in [4.69, 9.17) is 9.15 Å². The fraction of sp³-hybridized carbons (Fsp3) is 0.158. The number of benzene rings is 2. The Morgan fingerprint density at radius 3 is 2.81 bits per heavy atom. The van der Waals surface area contributed by atoms with Crippen LogP contribution in [0.15, 0.2) is 63.8 Å². The highest BCUT2D eigenvalue weighted by molar-refractivity contribution is 5.96. The zero-order valence-electron chi connectivity index (χ0n) is 13.6. The van der Waals surface area contributed by atoms with Crippen LogP contribution in [-0.2, 0) is 0 Å². The fourth-order valence-electron chi connectivity index (χ4n) is 2.33. The monoisotopic (exact) mass is 357 g/mol. The maximum Gasteiger partial charge on any atom is 0.349 e. The van der Waals surface area contributed by atoms with Crippen LogP contribution in [0, 0.1) is 5.82 Å². The lowest BCUT2D eigenvalue weighted by Crippen LogP contribution is -2.37. The van der Waals surface area contributed by atoms with Gasteiger partial charge in [-0.05, 0) is 24.3 Å². The smallest absolute Gasteiger partial charge is 0.349 e. The molecule has 0 aliphatic carbocycles. The molecule has 2 N–H and O–H groups in total. The number of ether oxygens (including phenoxy) is 1. The van der Waals surface area contributed by atoms with E-state index in [-0.39, 0.29) is 24.5 Å². The lowest BCUT2D eigenvalue weighted by molar-refractivity contribution is 0.0840. The maximum atomic E-state index is 13.0. The van der Waals surface area contributed by atoms with Gasteiger partial charge in [-0.25, -0.2) is 9.18 Å². The number of amides is 1. The predicted molar refractivity (Wildman–Crippen MR) is 92.7 cm³/mol. The summed E-state index contributed by atoms with van der Waals surface area (Å²) in [7, 11) is 0. The van der Waals surface area contributed by atoms with Crippen LogP contribution in [0.4, 0.5) is 4.39 Å². The normalized spacial score (nSPS) is 11.9. The van der Waals surface area contributed by atoms with Crippen LogP contribution in [0.1, 0.15) is 10.4 Å². The number of nitrogens with one attached hydrogen (secondary N) is 1. The zero-order chi connectivity index (χ0) is 18.5. The number of carbonyl (C=O) groups is 1. The van der Waals surface area contributed by atoms with E-state index in [1.807, 2.05) is 0 Å². The van der Waals surface area contributed by atoms with Crippen LogP contribution in [0.5, 0.6) is 5.75 Å². The first kappa shape index (κ1) is 17.6. The van der Waals surface area contributed by atoms with Crippen molar-refractivity contribution in [3.05, 3.63) is 76.4 Å². The van der Waals surface area contributed by atoms with Crippen molar-refractivity contribution in [3.8, 4) is 5.75 Å². The van der Waals surface area contributed by atoms with Gasteiger partial charge in [-0.15, -0.1) is 0 Å². The van der Waals surface area contributed by atoms with Gasteiger partial charge < -0.3 is 19.6 Å². The average molecular weight is 357 g/mol. The molecule has 1 heterocycles. The van der Waals surface area contributed by atoms with Crippen LogP contribution >= 0.6 is 0 Å². The van der Waals surface area contributed by atoms with Crippen molar-refractivity contribution < 1.29 is 23.4 Å². The number of hydrogen-bond acceptors (Lipinski definition) is 5. The highest BCUT2D eigenvalue weighted by Gasteiger charge is 2.15. The summed E-state index contributed by atoms with van der Waals surface area (Å²) in [6.07, 6.45) is -1.03. The number of aliphatic hydroxyl groups is 1. The third kappa shape index (κ3) is 4.25. The van der Waals surface area contributed by atoms with Crippen molar-refractivity contribution in [2.24, 2.45) is 0 Å². The lowest BCUT2D eigenvalue weighted by atomic mass is 10.2. The van der Waals surface area contributed by atoms with E-state index < -0.39 is 23.5 Å². The third-order valence-corrected chi connectivity index (χ3v) is 3.62. The number of rotatable bonds is 6. The van der Waals surface area contributed by atoms with E-state index in [0.29, 0.717) is 11.0 Å². The summed E-state index contributed by atoms with van der Waals surface area (Å²) < 4.78 is 23.4. The molecule has 1 aromatic heterocycles. The highest BCUT2D eigenvalue weighted by Crippen LogP contribution is 2.13. The van der Waals surface area contributed by atoms with Crippen molar-refractivity contribution >= 4 is 16.9 Å². The quantitative estimate of drug-likeness (QED) is 0.660. The van der Waals surface area contributed by atoms with Gasteiger partial charge in [0.2, 0.25) is 0 Å². The lowest BCUT2D eigenvalue weighted by Gasteiger charge is -2.13. The summed E-state index contributed by atoms with van der Waals surface area (Å²) >= 11 is 0. The van der Waals surface area contributed by atoms with Gasteiger partial charge in [-0.3, -0.25) is 4.79 Å².